The number of fused-ring (bicyclic) bond motifs is 1. The van der Waals surface area contributed by atoms with Crippen molar-refractivity contribution in [2.45, 2.75) is 31.8 Å². The maximum atomic E-state index is 13.5. The van der Waals surface area contributed by atoms with E-state index in [0.717, 1.165) is 17.0 Å². The molecule has 2 aromatic carbocycles. The van der Waals surface area contributed by atoms with E-state index in [9.17, 15) is 26.4 Å². The molecular formula is C24H21F3N4O4S2. The summed E-state index contributed by atoms with van der Waals surface area (Å²) in [6.45, 7) is 5.36. The van der Waals surface area contributed by atoms with Gasteiger partial charge in [-0.05, 0) is 50.6 Å². The third kappa shape index (κ3) is 5.37. The maximum Gasteiger partial charge on any atom is 0.417 e. The summed E-state index contributed by atoms with van der Waals surface area (Å²) >= 11 is 1.22. The minimum absolute atomic E-state index is 0.0986. The molecule has 0 amide bonds. The number of sulfonamides is 1. The molecule has 13 heteroatoms. The predicted octanol–water partition coefficient (Wildman–Crippen LogP) is 6.05. The second kappa shape index (κ2) is 9.98. The first-order valence-corrected chi connectivity index (χ1v) is 13.2. The van der Waals surface area contributed by atoms with Gasteiger partial charge >= 0.3 is 12.1 Å². The van der Waals surface area contributed by atoms with Gasteiger partial charge in [0.15, 0.2) is 11.6 Å². The Labute approximate surface area is 214 Å². The lowest BCUT2D eigenvalue weighted by Crippen LogP contribution is -2.20. The van der Waals surface area contributed by atoms with E-state index in [1.165, 1.54) is 17.4 Å². The van der Waals surface area contributed by atoms with Crippen LogP contribution in [0, 0.1) is 13.8 Å². The lowest BCUT2D eigenvalue weighted by molar-refractivity contribution is -0.139. The van der Waals surface area contributed by atoms with E-state index in [2.05, 4.69) is 20.0 Å². The summed E-state index contributed by atoms with van der Waals surface area (Å²) in [6, 6.07) is 10.4. The molecule has 4 rings (SSSR count). The van der Waals surface area contributed by atoms with E-state index in [0.29, 0.717) is 27.7 Å². The molecule has 0 fully saturated rings. The molecule has 4 aromatic rings. The third-order valence-corrected chi connectivity index (χ3v) is 7.90. The SMILES string of the molecule is CCOC(=O)c1c(Nc2nc3ccccc3nc2NS(=O)(=O)c2ccccc2C(F)(F)F)sc(C)c1C. The highest BCUT2D eigenvalue weighted by molar-refractivity contribution is 7.92. The van der Waals surface area contributed by atoms with E-state index in [1.807, 2.05) is 0 Å². The van der Waals surface area contributed by atoms with Crippen LogP contribution in [0.5, 0.6) is 0 Å². The highest BCUT2D eigenvalue weighted by Gasteiger charge is 2.37. The highest BCUT2D eigenvalue weighted by Crippen LogP contribution is 2.38. The van der Waals surface area contributed by atoms with E-state index in [4.69, 9.17) is 4.74 Å². The Hall–Kier alpha value is -3.71. The molecule has 0 saturated carbocycles. The van der Waals surface area contributed by atoms with Gasteiger partial charge in [0.25, 0.3) is 10.0 Å². The van der Waals surface area contributed by atoms with Crippen LogP contribution in [0.15, 0.2) is 53.4 Å². The second-order valence-electron chi connectivity index (χ2n) is 7.84. The molecule has 0 aliphatic heterocycles. The molecule has 8 nitrogen and oxygen atoms in total. The van der Waals surface area contributed by atoms with Crippen LogP contribution < -0.4 is 10.0 Å². The summed E-state index contributed by atoms with van der Waals surface area (Å²) in [5, 5.41) is 3.28. The van der Waals surface area contributed by atoms with Gasteiger partial charge in [0.1, 0.15) is 5.00 Å². The van der Waals surface area contributed by atoms with Crippen molar-refractivity contribution in [2.24, 2.45) is 0 Å². The number of hydrogen-bond donors (Lipinski definition) is 2. The monoisotopic (exact) mass is 550 g/mol. The Bertz CT molecular complexity index is 1600. The Morgan fingerprint density at radius 3 is 2.22 bits per heavy atom. The normalized spacial score (nSPS) is 11.9. The number of halogens is 3. The molecule has 2 heterocycles. The molecule has 0 aliphatic carbocycles. The summed E-state index contributed by atoms with van der Waals surface area (Å²) in [7, 11) is -4.75. The standard InChI is InChI=1S/C24H21F3N4O4S2/c1-4-35-23(32)19-13(2)14(3)36-22(19)30-20-21(29-17-11-7-6-10-16(17)28-20)31-37(33,34)18-12-8-5-9-15(18)24(25,26)27/h5-12H,4H2,1-3H3,(H,28,30)(H,29,31). The minimum atomic E-state index is -4.90. The number of thiophene rings is 1. The zero-order valence-corrected chi connectivity index (χ0v) is 21.4. The van der Waals surface area contributed by atoms with Gasteiger partial charge in [-0.25, -0.2) is 23.2 Å². The van der Waals surface area contributed by atoms with Crippen LogP contribution in [0.2, 0.25) is 0 Å². The number of rotatable bonds is 7. The molecule has 37 heavy (non-hydrogen) atoms. The summed E-state index contributed by atoms with van der Waals surface area (Å²) in [5.41, 5.74) is 0.293. The van der Waals surface area contributed by atoms with Gasteiger partial charge < -0.3 is 10.1 Å². The van der Waals surface area contributed by atoms with Crippen molar-refractivity contribution in [3.8, 4) is 0 Å². The molecule has 2 aromatic heterocycles. The maximum absolute atomic E-state index is 13.5. The number of carbonyl (C=O) groups excluding carboxylic acids is 1. The molecule has 0 spiro atoms. The summed E-state index contributed by atoms with van der Waals surface area (Å²) in [5.74, 6) is -1.02. The number of benzene rings is 2. The van der Waals surface area contributed by atoms with Crippen LogP contribution in [-0.4, -0.2) is 31.0 Å². The third-order valence-electron chi connectivity index (χ3n) is 5.38. The Morgan fingerprint density at radius 2 is 1.59 bits per heavy atom. The van der Waals surface area contributed by atoms with Crippen molar-refractivity contribution in [2.75, 3.05) is 16.6 Å². The predicted molar refractivity (Wildman–Crippen MR) is 135 cm³/mol. The average molecular weight is 551 g/mol. The van der Waals surface area contributed by atoms with Gasteiger partial charge in [-0.1, -0.05) is 24.3 Å². The molecule has 0 bridgehead atoms. The number of hydrogen-bond acceptors (Lipinski definition) is 8. The number of para-hydroxylation sites is 2. The Balaban J connectivity index is 1.84. The first-order chi connectivity index (χ1) is 17.4. The van der Waals surface area contributed by atoms with Crippen molar-refractivity contribution < 1.29 is 31.1 Å². The van der Waals surface area contributed by atoms with Crippen LogP contribution in [0.4, 0.5) is 29.8 Å². The molecule has 0 atom stereocenters. The number of esters is 1. The van der Waals surface area contributed by atoms with Crippen molar-refractivity contribution in [3.05, 3.63) is 70.1 Å². The van der Waals surface area contributed by atoms with Crippen LogP contribution in [0.3, 0.4) is 0 Å². The van der Waals surface area contributed by atoms with Crippen LogP contribution in [0.1, 0.15) is 33.3 Å². The van der Waals surface area contributed by atoms with Crippen molar-refractivity contribution in [3.63, 3.8) is 0 Å². The number of ether oxygens (including phenoxy) is 1. The zero-order valence-electron chi connectivity index (χ0n) is 19.8. The highest BCUT2D eigenvalue weighted by atomic mass is 32.2. The van der Waals surface area contributed by atoms with Gasteiger partial charge in [0, 0.05) is 4.88 Å². The van der Waals surface area contributed by atoms with E-state index in [-0.39, 0.29) is 23.8 Å². The first kappa shape index (κ1) is 26.4. The van der Waals surface area contributed by atoms with Gasteiger partial charge in [0.2, 0.25) is 0 Å². The molecule has 194 valence electrons. The molecular weight excluding hydrogens is 529 g/mol. The fraction of sp³-hybridized carbons (Fsp3) is 0.208. The van der Waals surface area contributed by atoms with Crippen molar-refractivity contribution in [1.29, 1.82) is 0 Å². The van der Waals surface area contributed by atoms with E-state index >= 15 is 0 Å². The fourth-order valence-electron chi connectivity index (χ4n) is 3.55. The fourth-order valence-corrected chi connectivity index (χ4v) is 5.83. The second-order valence-corrected chi connectivity index (χ2v) is 10.7. The molecule has 0 saturated heterocycles. The number of aryl methyl sites for hydroxylation is 1. The van der Waals surface area contributed by atoms with E-state index in [1.54, 1.807) is 45.0 Å². The smallest absolute Gasteiger partial charge is 0.417 e. The Morgan fingerprint density at radius 1 is 1.00 bits per heavy atom. The molecule has 0 radical (unpaired) electrons. The van der Waals surface area contributed by atoms with Crippen molar-refractivity contribution >= 4 is 55.0 Å². The zero-order chi connectivity index (χ0) is 27.0. The number of nitrogens with zero attached hydrogens (tertiary/aromatic N) is 2. The van der Waals surface area contributed by atoms with Crippen LogP contribution >= 0.6 is 11.3 Å². The summed E-state index contributed by atoms with van der Waals surface area (Å²) in [4.78, 5) is 21.2. The average Bonchev–Trinajstić information content (AvgIpc) is 3.11. The van der Waals surface area contributed by atoms with E-state index < -0.39 is 32.6 Å². The topological polar surface area (TPSA) is 110 Å². The minimum Gasteiger partial charge on any atom is -0.462 e. The summed E-state index contributed by atoms with van der Waals surface area (Å²) < 4.78 is 74.2. The first-order valence-electron chi connectivity index (χ1n) is 10.9. The van der Waals surface area contributed by atoms with Gasteiger partial charge in [-0.2, -0.15) is 13.2 Å². The lowest BCUT2D eigenvalue weighted by Gasteiger charge is -2.16. The van der Waals surface area contributed by atoms with Gasteiger partial charge in [-0.3, -0.25) is 4.72 Å². The van der Waals surface area contributed by atoms with Crippen LogP contribution in [-0.2, 0) is 20.9 Å². The number of alkyl halides is 3. The molecule has 2 N–H and O–H groups in total. The summed E-state index contributed by atoms with van der Waals surface area (Å²) in [6.07, 6.45) is -4.90. The van der Waals surface area contributed by atoms with Gasteiger partial charge in [0.05, 0.1) is 33.7 Å². The number of aromatic nitrogens is 2. The number of anilines is 3. The molecule has 0 unspecified atom stereocenters. The number of carbonyl (C=O) groups is 1. The quantitative estimate of drug-likeness (QED) is 0.270. The Kier molecular flexibility index (Phi) is 7.11. The molecule has 0 aliphatic rings. The van der Waals surface area contributed by atoms with Crippen LogP contribution in [0.25, 0.3) is 11.0 Å². The largest absolute Gasteiger partial charge is 0.462 e. The lowest BCUT2D eigenvalue weighted by atomic mass is 10.1. The van der Waals surface area contributed by atoms with Gasteiger partial charge in [-0.15, -0.1) is 11.3 Å². The van der Waals surface area contributed by atoms with Crippen molar-refractivity contribution in [1.82, 2.24) is 9.97 Å². The number of nitrogens with one attached hydrogen (secondary N) is 2.